The summed E-state index contributed by atoms with van der Waals surface area (Å²) >= 11 is 0. The molecule has 2 heterocycles. The number of nitrogens with one attached hydrogen (secondary N) is 2. The lowest BCUT2D eigenvalue weighted by Crippen LogP contribution is -2.47. The van der Waals surface area contributed by atoms with E-state index < -0.39 is 0 Å². The number of benzene rings is 1. The first-order chi connectivity index (χ1) is 13.5. The van der Waals surface area contributed by atoms with Gasteiger partial charge in [-0.25, -0.2) is 0 Å². The van der Waals surface area contributed by atoms with Crippen molar-refractivity contribution in [3.63, 3.8) is 0 Å². The zero-order chi connectivity index (χ0) is 20.0. The van der Waals surface area contributed by atoms with Crippen LogP contribution in [0.25, 0.3) is 0 Å². The molecule has 2 atom stereocenters. The van der Waals surface area contributed by atoms with Crippen LogP contribution < -0.4 is 20.1 Å². The molecule has 1 saturated heterocycles. The number of aliphatic imine (C=N–C) groups is 1. The first-order valence-electron chi connectivity index (χ1n) is 10.4. The Bertz CT molecular complexity index is 669. The van der Waals surface area contributed by atoms with Crippen LogP contribution in [0.4, 0.5) is 0 Å². The van der Waals surface area contributed by atoms with Crippen molar-refractivity contribution >= 4 is 5.96 Å². The van der Waals surface area contributed by atoms with Crippen LogP contribution in [0.15, 0.2) is 23.2 Å². The van der Waals surface area contributed by atoms with Gasteiger partial charge in [0, 0.05) is 39.1 Å². The third-order valence-electron chi connectivity index (χ3n) is 5.33. The van der Waals surface area contributed by atoms with E-state index in [1.165, 1.54) is 6.42 Å². The van der Waals surface area contributed by atoms with Gasteiger partial charge >= 0.3 is 0 Å². The molecule has 2 N–H and O–H groups in total. The van der Waals surface area contributed by atoms with Crippen LogP contribution in [0.3, 0.4) is 0 Å². The summed E-state index contributed by atoms with van der Waals surface area (Å²) in [5.74, 6) is 2.96. The number of fused-ring (bicyclic) bond motifs is 1. The third kappa shape index (κ3) is 5.53. The van der Waals surface area contributed by atoms with Crippen LogP contribution in [-0.2, 0) is 11.3 Å². The van der Waals surface area contributed by atoms with E-state index in [1.54, 1.807) is 0 Å². The fourth-order valence-electron chi connectivity index (χ4n) is 3.96. The summed E-state index contributed by atoms with van der Waals surface area (Å²) in [5, 5.41) is 6.89. The van der Waals surface area contributed by atoms with Gasteiger partial charge in [0.1, 0.15) is 0 Å². The Morgan fingerprint density at radius 2 is 1.86 bits per heavy atom. The Kier molecular flexibility index (Phi) is 7.05. The highest BCUT2D eigenvalue weighted by Crippen LogP contribution is 2.33. The van der Waals surface area contributed by atoms with E-state index in [2.05, 4.69) is 42.5 Å². The van der Waals surface area contributed by atoms with Gasteiger partial charge in [-0.3, -0.25) is 4.99 Å². The van der Waals surface area contributed by atoms with Gasteiger partial charge in [0.25, 0.3) is 0 Å². The molecule has 1 aromatic rings. The largest absolute Gasteiger partial charge is 0.490 e. The quantitative estimate of drug-likeness (QED) is 0.611. The van der Waals surface area contributed by atoms with Crippen molar-refractivity contribution < 1.29 is 14.2 Å². The molecule has 0 bridgehead atoms. The number of guanidine groups is 1. The minimum atomic E-state index is 0.146. The lowest BCUT2D eigenvalue weighted by atomic mass is 9.78. The van der Waals surface area contributed by atoms with Gasteiger partial charge in [-0.15, -0.1) is 0 Å². The second kappa shape index (κ2) is 9.50. The van der Waals surface area contributed by atoms with Crippen molar-refractivity contribution in [2.75, 3.05) is 33.4 Å². The molecule has 2 unspecified atom stereocenters. The second-order valence-corrected chi connectivity index (χ2v) is 8.70. The van der Waals surface area contributed by atoms with Gasteiger partial charge in [0.05, 0.1) is 19.3 Å². The zero-order valence-corrected chi connectivity index (χ0v) is 17.7. The smallest absolute Gasteiger partial charge is 0.191 e. The van der Waals surface area contributed by atoms with Crippen molar-refractivity contribution in [1.82, 2.24) is 10.6 Å². The van der Waals surface area contributed by atoms with E-state index in [0.717, 1.165) is 49.0 Å². The fourth-order valence-corrected chi connectivity index (χ4v) is 3.96. The van der Waals surface area contributed by atoms with Gasteiger partial charge in [0.2, 0.25) is 0 Å². The van der Waals surface area contributed by atoms with Crippen LogP contribution in [0.1, 0.15) is 45.6 Å². The summed E-state index contributed by atoms with van der Waals surface area (Å²) in [6, 6.07) is 6.10. The van der Waals surface area contributed by atoms with Crippen LogP contribution in [-0.4, -0.2) is 45.5 Å². The Hall–Kier alpha value is -1.95. The monoisotopic (exact) mass is 389 g/mol. The number of hydrogen-bond donors (Lipinski definition) is 2. The Balaban J connectivity index is 1.53. The molecule has 0 amide bonds. The van der Waals surface area contributed by atoms with E-state index in [4.69, 9.17) is 14.2 Å². The van der Waals surface area contributed by atoms with Crippen molar-refractivity contribution in [3.05, 3.63) is 23.8 Å². The number of rotatable bonds is 4. The second-order valence-electron chi connectivity index (χ2n) is 8.70. The Morgan fingerprint density at radius 1 is 1.07 bits per heavy atom. The van der Waals surface area contributed by atoms with Crippen LogP contribution >= 0.6 is 0 Å². The topological polar surface area (TPSA) is 64.1 Å². The Labute approximate surface area is 169 Å². The lowest BCUT2D eigenvalue weighted by molar-refractivity contribution is -0.0835. The first kappa shape index (κ1) is 20.8. The Morgan fingerprint density at radius 3 is 2.61 bits per heavy atom. The van der Waals surface area contributed by atoms with Crippen LogP contribution in [0.2, 0.25) is 0 Å². The van der Waals surface area contributed by atoms with Gasteiger partial charge in [-0.1, -0.05) is 26.8 Å². The fraction of sp³-hybridized carbons (Fsp3) is 0.682. The van der Waals surface area contributed by atoms with Gasteiger partial charge in [-0.2, -0.15) is 0 Å². The predicted molar refractivity (Wildman–Crippen MR) is 112 cm³/mol. The maximum absolute atomic E-state index is 6.09. The van der Waals surface area contributed by atoms with Crippen molar-refractivity contribution in [2.24, 2.45) is 16.3 Å². The normalized spacial score (nSPS) is 23.1. The maximum Gasteiger partial charge on any atom is 0.191 e. The molecule has 0 saturated carbocycles. The minimum absolute atomic E-state index is 0.146. The molecular weight excluding hydrogens is 354 g/mol. The first-order valence-corrected chi connectivity index (χ1v) is 10.4. The molecule has 3 rings (SSSR count). The van der Waals surface area contributed by atoms with Gasteiger partial charge < -0.3 is 24.8 Å². The summed E-state index contributed by atoms with van der Waals surface area (Å²) in [4.78, 5) is 4.37. The molecule has 0 aliphatic carbocycles. The van der Waals surface area contributed by atoms with E-state index >= 15 is 0 Å². The van der Waals surface area contributed by atoms with Gasteiger partial charge in [-0.05, 0) is 36.0 Å². The molecule has 2 aliphatic heterocycles. The van der Waals surface area contributed by atoms with Crippen molar-refractivity contribution in [3.8, 4) is 11.5 Å². The molecule has 1 aromatic carbocycles. The van der Waals surface area contributed by atoms with E-state index in [-0.39, 0.29) is 11.5 Å². The molecule has 28 heavy (non-hydrogen) atoms. The molecule has 6 heteroatoms. The molecule has 2 aliphatic rings. The average molecular weight is 390 g/mol. The molecule has 156 valence electrons. The minimum Gasteiger partial charge on any atom is -0.490 e. The van der Waals surface area contributed by atoms with Crippen molar-refractivity contribution in [1.29, 1.82) is 0 Å². The lowest BCUT2D eigenvalue weighted by Gasteiger charge is -2.40. The van der Waals surface area contributed by atoms with E-state index in [9.17, 15) is 0 Å². The number of ether oxygens (including phenoxy) is 3. The van der Waals surface area contributed by atoms with E-state index in [1.807, 2.05) is 19.2 Å². The number of nitrogens with zero attached hydrogens (tertiary/aromatic N) is 1. The molecule has 0 radical (unpaired) electrons. The summed E-state index contributed by atoms with van der Waals surface area (Å²) in [5.41, 5.74) is 1.29. The third-order valence-corrected chi connectivity index (χ3v) is 5.33. The predicted octanol–water partition coefficient (Wildman–Crippen LogP) is 3.35. The molecule has 0 aromatic heterocycles. The van der Waals surface area contributed by atoms with Crippen LogP contribution in [0.5, 0.6) is 11.5 Å². The summed E-state index contributed by atoms with van der Waals surface area (Å²) < 4.78 is 17.6. The van der Waals surface area contributed by atoms with Crippen LogP contribution in [0, 0.1) is 11.3 Å². The zero-order valence-electron chi connectivity index (χ0n) is 17.7. The van der Waals surface area contributed by atoms with E-state index in [0.29, 0.717) is 25.7 Å². The molecular formula is C22H35N3O3. The highest BCUT2D eigenvalue weighted by molar-refractivity contribution is 5.79. The maximum atomic E-state index is 6.09. The summed E-state index contributed by atoms with van der Waals surface area (Å²) in [6.07, 6.45) is 3.50. The average Bonchev–Trinajstić information content (AvgIpc) is 2.92. The molecule has 1 fully saturated rings. The SMILES string of the molecule is CN=C(NCc1ccc2c(c1)OCCCO2)NCC1CCCOC1C(C)(C)C. The highest BCUT2D eigenvalue weighted by atomic mass is 16.5. The molecule has 0 spiro atoms. The standard InChI is InChI=1S/C22H35N3O3/c1-22(2,3)20-17(7-5-10-28-20)15-25-21(23-4)24-14-16-8-9-18-19(13-16)27-12-6-11-26-18/h8-9,13,17,20H,5-7,10-12,14-15H2,1-4H3,(H2,23,24,25). The van der Waals surface area contributed by atoms with Crippen molar-refractivity contribution in [2.45, 2.75) is 52.7 Å². The summed E-state index contributed by atoms with van der Waals surface area (Å²) in [6.45, 7) is 10.6. The molecule has 6 nitrogen and oxygen atoms in total. The van der Waals surface area contributed by atoms with Gasteiger partial charge in [0.15, 0.2) is 17.5 Å². The number of hydrogen-bond acceptors (Lipinski definition) is 4. The summed E-state index contributed by atoms with van der Waals surface area (Å²) in [7, 11) is 1.81. The highest BCUT2D eigenvalue weighted by Gasteiger charge is 2.35.